The van der Waals surface area contributed by atoms with Gasteiger partial charge >= 0.3 is 6.09 Å². The molecule has 0 bridgehead atoms. The monoisotopic (exact) mass is 354 g/mol. The van der Waals surface area contributed by atoms with E-state index in [1.165, 1.54) is 4.73 Å². The first kappa shape index (κ1) is 18.5. The summed E-state index contributed by atoms with van der Waals surface area (Å²) >= 11 is 6.22. The zero-order valence-electron chi connectivity index (χ0n) is 14.9. The summed E-state index contributed by atoms with van der Waals surface area (Å²) < 4.78 is 6.53. The number of carbonyl (C=O) groups excluding carboxylic acids is 1. The molecule has 0 saturated heterocycles. The molecule has 2 aromatic rings. The molecule has 2 heterocycles. The molecule has 0 atom stereocenters. The van der Waals surface area contributed by atoms with Gasteiger partial charge in [0.05, 0.1) is 6.61 Å². The lowest BCUT2D eigenvalue weighted by Crippen LogP contribution is -2.44. The van der Waals surface area contributed by atoms with Gasteiger partial charge < -0.3 is 14.9 Å². The molecule has 0 aliphatic carbocycles. The highest BCUT2D eigenvalue weighted by Gasteiger charge is 2.22. The first-order valence-electron chi connectivity index (χ1n) is 7.67. The van der Waals surface area contributed by atoms with Crippen molar-refractivity contribution < 1.29 is 14.4 Å². The molecular formula is C16H23ClN4O3. The summed E-state index contributed by atoms with van der Waals surface area (Å²) in [6, 6.07) is 0. The van der Waals surface area contributed by atoms with Gasteiger partial charge in [0.1, 0.15) is 16.9 Å². The maximum Gasteiger partial charge on any atom is 0.432 e. The van der Waals surface area contributed by atoms with Gasteiger partial charge in [-0.25, -0.2) is 14.8 Å². The molecule has 0 aromatic carbocycles. The van der Waals surface area contributed by atoms with Crippen LogP contribution in [0.3, 0.4) is 0 Å². The van der Waals surface area contributed by atoms with Crippen LogP contribution in [0.1, 0.15) is 37.9 Å². The van der Waals surface area contributed by atoms with Gasteiger partial charge in [-0.3, -0.25) is 0 Å². The molecule has 1 amide bonds. The molecule has 0 unspecified atom stereocenters. The fraction of sp³-hybridized carbons (Fsp3) is 0.562. The number of methoxy groups -OCH3 is 1. The van der Waals surface area contributed by atoms with Crippen molar-refractivity contribution >= 4 is 28.7 Å². The number of ether oxygens (including phenoxy) is 1. The first-order chi connectivity index (χ1) is 11.1. The third-order valence-electron chi connectivity index (χ3n) is 3.44. The maximum atomic E-state index is 12.2. The zero-order chi connectivity index (χ0) is 18.1. The van der Waals surface area contributed by atoms with Crippen LogP contribution in [0.5, 0.6) is 0 Å². The van der Waals surface area contributed by atoms with E-state index in [2.05, 4.69) is 15.3 Å². The number of pyridine rings is 1. The summed E-state index contributed by atoms with van der Waals surface area (Å²) in [5, 5.41) is 3.05. The van der Waals surface area contributed by atoms with Gasteiger partial charge in [-0.1, -0.05) is 11.6 Å². The Balaban J connectivity index is 2.53. The smallest absolute Gasteiger partial charge is 0.384 e. The predicted octanol–water partition coefficient (Wildman–Crippen LogP) is 2.83. The lowest BCUT2D eigenvalue weighted by atomic mass is 10.1. The summed E-state index contributed by atoms with van der Waals surface area (Å²) in [6.07, 6.45) is -0.0894. The van der Waals surface area contributed by atoms with Gasteiger partial charge in [0.25, 0.3) is 0 Å². The predicted molar refractivity (Wildman–Crippen MR) is 92.5 cm³/mol. The van der Waals surface area contributed by atoms with Crippen LogP contribution in [-0.4, -0.2) is 40.0 Å². The standard InChI is InChI=1S/C16H23ClN4O3/c1-9-10(2)18-14(17)12-13(9)21(11(19-12)7-8-23-6)24-15(22)20-16(3,4)5/h7-8H2,1-6H3,(H,20,22). The Hall–Kier alpha value is -1.86. The van der Waals surface area contributed by atoms with Crippen molar-refractivity contribution in [2.45, 2.75) is 46.6 Å². The van der Waals surface area contributed by atoms with E-state index in [4.69, 9.17) is 21.2 Å². The van der Waals surface area contributed by atoms with Crippen molar-refractivity contribution in [3.8, 4) is 0 Å². The van der Waals surface area contributed by atoms with E-state index < -0.39 is 11.6 Å². The third-order valence-corrected chi connectivity index (χ3v) is 3.71. The van der Waals surface area contributed by atoms with Crippen LogP contribution >= 0.6 is 11.6 Å². The van der Waals surface area contributed by atoms with E-state index in [9.17, 15) is 4.79 Å². The second kappa shape index (κ2) is 6.94. The molecule has 1 N–H and O–H groups in total. The molecule has 2 aromatic heterocycles. The van der Waals surface area contributed by atoms with Gasteiger partial charge in [-0.05, 0) is 40.2 Å². The Bertz CT molecular complexity index is 765. The van der Waals surface area contributed by atoms with Crippen LogP contribution in [0.15, 0.2) is 0 Å². The highest BCUT2D eigenvalue weighted by molar-refractivity contribution is 6.33. The number of nitrogens with zero attached hydrogens (tertiary/aromatic N) is 3. The van der Waals surface area contributed by atoms with E-state index in [1.54, 1.807) is 7.11 Å². The molecule has 132 valence electrons. The summed E-state index contributed by atoms with van der Waals surface area (Å²) in [6.45, 7) is 9.82. The number of aromatic nitrogens is 3. The lowest BCUT2D eigenvalue weighted by molar-refractivity contribution is 0.122. The number of amides is 1. The van der Waals surface area contributed by atoms with Crippen molar-refractivity contribution in [3.05, 3.63) is 22.2 Å². The fourth-order valence-corrected chi connectivity index (χ4v) is 2.50. The Morgan fingerprint density at radius 3 is 2.54 bits per heavy atom. The van der Waals surface area contributed by atoms with E-state index >= 15 is 0 Å². The Morgan fingerprint density at radius 2 is 1.96 bits per heavy atom. The number of fused-ring (bicyclic) bond motifs is 1. The zero-order valence-corrected chi connectivity index (χ0v) is 15.6. The Kier molecular flexibility index (Phi) is 5.35. The quantitative estimate of drug-likeness (QED) is 0.854. The van der Waals surface area contributed by atoms with E-state index in [0.717, 1.165) is 11.3 Å². The largest absolute Gasteiger partial charge is 0.432 e. The molecular weight excluding hydrogens is 332 g/mol. The van der Waals surface area contributed by atoms with Gasteiger partial charge in [-0.15, -0.1) is 0 Å². The summed E-state index contributed by atoms with van der Waals surface area (Å²) in [5.41, 5.74) is 2.35. The molecule has 8 heteroatoms. The molecule has 7 nitrogen and oxygen atoms in total. The van der Waals surface area contributed by atoms with Crippen LogP contribution < -0.4 is 10.2 Å². The number of imidazole rings is 1. The van der Waals surface area contributed by atoms with Gasteiger partial charge in [0.15, 0.2) is 5.15 Å². The number of hydrogen-bond acceptors (Lipinski definition) is 5. The van der Waals surface area contributed by atoms with E-state index in [1.807, 2.05) is 34.6 Å². The number of rotatable bonds is 4. The highest BCUT2D eigenvalue weighted by atomic mass is 35.5. The average Bonchev–Trinajstić information content (AvgIpc) is 2.80. The molecule has 0 aliphatic heterocycles. The van der Waals surface area contributed by atoms with E-state index in [0.29, 0.717) is 29.9 Å². The number of nitrogens with one attached hydrogen (secondary N) is 1. The van der Waals surface area contributed by atoms with Gasteiger partial charge in [-0.2, -0.15) is 4.73 Å². The SMILES string of the molecule is COCCc1nc2c(Cl)nc(C)c(C)c2n1OC(=O)NC(C)(C)C. The van der Waals surface area contributed by atoms with Gasteiger partial charge in [0.2, 0.25) is 0 Å². The average molecular weight is 355 g/mol. The normalized spacial score (nSPS) is 11.8. The Morgan fingerprint density at radius 1 is 1.29 bits per heavy atom. The summed E-state index contributed by atoms with van der Waals surface area (Å²) in [4.78, 5) is 26.5. The second-order valence-corrected chi connectivity index (χ2v) is 6.99. The van der Waals surface area contributed by atoms with E-state index in [-0.39, 0.29) is 5.15 Å². The van der Waals surface area contributed by atoms with Gasteiger partial charge in [0, 0.05) is 24.8 Å². The molecule has 0 fully saturated rings. The van der Waals surface area contributed by atoms with Crippen LogP contribution in [-0.2, 0) is 11.2 Å². The summed E-state index contributed by atoms with van der Waals surface area (Å²) in [5.74, 6) is 0.549. The fourth-order valence-electron chi connectivity index (χ4n) is 2.24. The number of carbonyl (C=O) groups is 1. The van der Waals surface area contributed by atoms with Crippen molar-refractivity contribution in [3.63, 3.8) is 0 Å². The molecule has 2 rings (SSSR count). The topological polar surface area (TPSA) is 78.3 Å². The van der Waals surface area contributed by atoms with Crippen molar-refractivity contribution in [1.29, 1.82) is 0 Å². The molecule has 0 spiro atoms. The highest BCUT2D eigenvalue weighted by Crippen LogP contribution is 2.27. The minimum atomic E-state index is -0.564. The van der Waals surface area contributed by atoms with Crippen LogP contribution in [0, 0.1) is 13.8 Å². The second-order valence-electron chi connectivity index (χ2n) is 6.63. The minimum absolute atomic E-state index is 0.283. The molecule has 0 saturated carbocycles. The summed E-state index contributed by atoms with van der Waals surface area (Å²) in [7, 11) is 1.60. The van der Waals surface area contributed by atoms with Crippen molar-refractivity contribution in [1.82, 2.24) is 20.0 Å². The lowest BCUT2D eigenvalue weighted by Gasteiger charge is -2.20. The first-order valence-corrected chi connectivity index (χ1v) is 8.05. The van der Waals surface area contributed by atoms with Crippen LogP contribution in [0.25, 0.3) is 11.0 Å². The van der Waals surface area contributed by atoms with Crippen molar-refractivity contribution in [2.24, 2.45) is 0 Å². The van der Waals surface area contributed by atoms with Crippen LogP contribution in [0.2, 0.25) is 5.15 Å². The molecule has 0 radical (unpaired) electrons. The molecule has 0 aliphatic rings. The maximum absolute atomic E-state index is 12.2. The minimum Gasteiger partial charge on any atom is -0.384 e. The molecule has 24 heavy (non-hydrogen) atoms. The Labute approximate surface area is 146 Å². The third kappa shape index (κ3) is 3.96. The number of hydrogen-bond donors (Lipinski definition) is 1. The van der Waals surface area contributed by atoms with Crippen LogP contribution in [0.4, 0.5) is 4.79 Å². The number of halogens is 1. The van der Waals surface area contributed by atoms with Crippen molar-refractivity contribution in [2.75, 3.05) is 13.7 Å². The number of aryl methyl sites for hydroxylation is 2.